The molecule has 0 aromatic heterocycles. The van der Waals surface area contributed by atoms with Crippen molar-refractivity contribution in [3.8, 4) is 17.6 Å². The number of benzene rings is 2. The summed E-state index contributed by atoms with van der Waals surface area (Å²) < 4.78 is 30.0. The first-order valence-electron chi connectivity index (χ1n) is 7.24. The molecular weight excluding hydrogens is 388 g/mol. The van der Waals surface area contributed by atoms with Crippen molar-refractivity contribution in [3.05, 3.63) is 70.2 Å². The average Bonchev–Trinajstić information content (AvgIpc) is 2.57. The van der Waals surface area contributed by atoms with Crippen LogP contribution in [0.5, 0.6) is 5.75 Å². The maximum atomic E-state index is 12.0. The molecule has 0 spiro atoms. The van der Waals surface area contributed by atoms with Crippen LogP contribution in [0.15, 0.2) is 59.1 Å². The predicted octanol–water partition coefficient (Wildman–Crippen LogP) is 3.94. The summed E-state index contributed by atoms with van der Waals surface area (Å²) in [5.41, 5.74) is 1.72. The highest BCUT2D eigenvalue weighted by atomic mass is 79.9. The fraction of sp³-hybridized carbons (Fsp3) is 0.158. The number of rotatable bonds is 5. The SMILES string of the molecule is COc1ccc(C#CCS(=O)(=O)C/C=C/c2ccc(Br)cc2)cc1. The maximum Gasteiger partial charge on any atom is 0.165 e. The molecule has 0 radical (unpaired) electrons. The Morgan fingerprint density at radius 2 is 1.75 bits per heavy atom. The summed E-state index contributed by atoms with van der Waals surface area (Å²) in [6.45, 7) is 0. The number of methoxy groups -OCH3 is 1. The maximum absolute atomic E-state index is 12.0. The second-order valence-electron chi connectivity index (χ2n) is 5.04. The number of sulfone groups is 1. The monoisotopic (exact) mass is 404 g/mol. The lowest BCUT2D eigenvalue weighted by Gasteiger charge is -1.98. The van der Waals surface area contributed by atoms with Crippen molar-refractivity contribution < 1.29 is 13.2 Å². The molecule has 0 N–H and O–H groups in total. The topological polar surface area (TPSA) is 43.4 Å². The Kier molecular flexibility index (Phi) is 6.65. The molecule has 24 heavy (non-hydrogen) atoms. The molecule has 0 bridgehead atoms. The van der Waals surface area contributed by atoms with Crippen LogP contribution in [0.25, 0.3) is 6.08 Å². The van der Waals surface area contributed by atoms with Gasteiger partial charge in [0.05, 0.1) is 12.9 Å². The van der Waals surface area contributed by atoms with Crippen molar-refractivity contribution in [2.75, 3.05) is 18.6 Å². The predicted molar refractivity (Wildman–Crippen MR) is 102 cm³/mol. The molecular formula is C19H17BrO3S. The lowest BCUT2D eigenvalue weighted by atomic mass is 10.2. The summed E-state index contributed by atoms with van der Waals surface area (Å²) in [4.78, 5) is 0. The zero-order valence-electron chi connectivity index (χ0n) is 13.2. The third-order valence-electron chi connectivity index (χ3n) is 3.15. The molecule has 0 fully saturated rings. The van der Waals surface area contributed by atoms with E-state index in [1.54, 1.807) is 43.5 Å². The summed E-state index contributed by atoms with van der Waals surface area (Å²) in [6, 6.07) is 14.8. The molecule has 5 heteroatoms. The van der Waals surface area contributed by atoms with Gasteiger partial charge in [-0.2, -0.15) is 0 Å². The van der Waals surface area contributed by atoms with E-state index in [0.29, 0.717) is 0 Å². The standard InChI is InChI=1S/C19H17BrO3S/c1-23-19-12-8-17(9-13-19)5-3-15-24(21,22)14-2-4-16-6-10-18(20)11-7-16/h2,4,6-13H,14-15H2,1H3/b4-2+. The largest absolute Gasteiger partial charge is 0.497 e. The molecule has 124 valence electrons. The van der Waals surface area contributed by atoms with Gasteiger partial charge in [-0.3, -0.25) is 0 Å². The zero-order valence-corrected chi connectivity index (χ0v) is 15.6. The van der Waals surface area contributed by atoms with Gasteiger partial charge < -0.3 is 4.74 Å². The second kappa shape index (κ2) is 8.72. The van der Waals surface area contributed by atoms with Crippen LogP contribution < -0.4 is 4.74 Å². The van der Waals surface area contributed by atoms with E-state index in [2.05, 4.69) is 27.8 Å². The van der Waals surface area contributed by atoms with E-state index in [1.165, 1.54) is 0 Å². The number of hydrogen-bond donors (Lipinski definition) is 0. The quantitative estimate of drug-likeness (QED) is 0.708. The highest BCUT2D eigenvalue weighted by Crippen LogP contribution is 2.12. The Hall–Kier alpha value is -2.03. The summed E-state index contributed by atoms with van der Waals surface area (Å²) in [5, 5.41) is 0. The third kappa shape index (κ3) is 6.23. The van der Waals surface area contributed by atoms with Gasteiger partial charge in [0, 0.05) is 10.0 Å². The molecule has 0 amide bonds. The van der Waals surface area contributed by atoms with Crippen LogP contribution in [0.3, 0.4) is 0 Å². The van der Waals surface area contributed by atoms with Gasteiger partial charge in [-0.15, -0.1) is 0 Å². The number of hydrogen-bond acceptors (Lipinski definition) is 3. The normalized spacial score (nSPS) is 11.1. The molecule has 0 aliphatic rings. The number of halogens is 1. The van der Waals surface area contributed by atoms with Crippen LogP contribution in [0.1, 0.15) is 11.1 Å². The molecule has 2 aromatic carbocycles. The van der Waals surface area contributed by atoms with Gasteiger partial charge >= 0.3 is 0 Å². The van der Waals surface area contributed by atoms with E-state index in [-0.39, 0.29) is 11.5 Å². The van der Waals surface area contributed by atoms with Crippen LogP contribution in [-0.4, -0.2) is 27.0 Å². The summed E-state index contributed by atoms with van der Waals surface area (Å²) in [5.74, 6) is 6.12. The molecule has 2 aromatic rings. The van der Waals surface area contributed by atoms with Crippen LogP contribution in [0, 0.1) is 11.8 Å². The summed E-state index contributed by atoms with van der Waals surface area (Å²) >= 11 is 3.36. The van der Waals surface area contributed by atoms with Gasteiger partial charge in [-0.05, 0) is 42.0 Å². The molecule has 0 aliphatic carbocycles. The second-order valence-corrected chi connectivity index (χ2v) is 8.06. The number of ether oxygens (including phenoxy) is 1. The molecule has 0 saturated carbocycles. The Labute approximate surface area is 151 Å². The van der Waals surface area contributed by atoms with Gasteiger partial charge in [-0.25, -0.2) is 8.42 Å². The van der Waals surface area contributed by atoms with E-state index in [1.807, 2.05) is 24.3 Å². The van der Waals surface area contributed by atoms with E-state index in [4.69, 9.17) is 4.74 Å². The molecule has 0 unspecified atom stereocenters. The van der Waals surface area contributed by atoms with Crippen LogP contribution >= 0.6 is 15.9 Å². The minimum absolute atomic E-state index is 0.0274. The van der Waals surface area contributed by atoms with E-state index < -0.39 is 9.84 Å². The first-order chi connectivity index (χ1) is 11.5. The van der Waals surface area contributed by atoms with Crippen molar-refractivity contribution in [3.63, 3.8) is 0 Å². The third-order valence-corrected chi connectivity index (χ3v) is 4.96. The zero-order chi connectivity index (χ0) is 17.4. The van der Waals surface area contributed by atoms with Crippen molar-refractivity contribution in [2.24, 2.45) is 0 Å². The molecule has 0 atom stereocenters. The van der Waals surface area contributed by atoms with E-state index in [9.17, 15) is 8.42 Å². The molecule has 0 aliphatic heterocycles. The minimum Gasteiger partial charge on any atom is -0.497 e. The average molecular weight is 405 g/mol. The Morgan fingerprint density at radius 3 is 2.38 bits per heavy atom. The van der Waals surface area contributed by atoms with Gasteiger partial charge in [0.2, 0.25) is 0 Å². The Bertz CT molecular complexity index is 856. The van der Waals surface area contributed by atoms with Gasteiger partial charge in [0.15, 0.2) is 9.84 Å². The lowest BCUT2D eigenvalue weighted by molar-refractivity contribution is 0.415. The van der Waals surface area contributed by atoms with Gasteiger partial charge in [0.25, 0.3) is 0 Å². The highest BCUT2D eigenvalue weighted by Gasteiger charge is 2.05. The van der Waals surface area contributed by atoms with Crippen LogP contribution in [0.4, 0.5) is 0 Å². The fourth-order valence-corrected chi connectivity index (χ4v) is 2.95. The highest BCUT2D eigenvalue weighted by molar-refractivity contribution is 9.10. The van der Waals surface area contributed by atoms with Crippen molar-refractivity contribution in [1.82, 2.24) is 0 Å². The smallest absolute Gasteiger partial charge is 0.165 e. The first-order valence-corrected chi connectivity index (χ1v) is 9.85. The molecule has 3 nitrogen and oxygen atoms in total. The lowest BCUT2D eigenvalue weighted by Crippen LogP contribution is -2.07. The summed E-state index contributed by atoms with van der Waals surface area (Å²) in [7, 11) is -1.64. The Morgan fingerprint density at radius 1 is 1.08 bits per heavy atom. The van der Waals surface area contributed by atoms with Crippen molar-refractivity contribution in [1.29, 1.82) is 0 Å². The van der Waals surface area contributed by atoms with Crippen molar-refractivity contribution in [2.45, 2.75) is 0 Å². The van der Waals surface area contributed by atoms with E-state index in [0.717, 1.165) is 21.3 Å². The molecule has 0 heterocycles. The van der Waals surface area contributed by atoms with Gasteiger partial charge in [-0.1, -0.05) is 52.1 Å². The van der Waals surface area contributed by atoms with Crippen LogP contribution in [0.2, 0.25) is 0 Å². The van der Waals surface area contributed by atoms with Gasteiger partial charge in [0.1, 0.15) is 11.5 Å². The fourth-order valence-electron chi connectivity index (χ4n) is 1.89. The molecule has 2 rings (SSSR count). The van der Waals surface area contributed by atoms with Crippen LogP contribution in [-0.2, 0) is 9.84 Å². The van der Waals surface area contributed by atoms with E-state index >= 15 is 0 Å². The van der Waals surface area contributed by atoms with Crippen molar-refractivity contribution >= 4 is 31.8 Å². The summed E-state index contributed by atoms with van der Waals surface area (Å²) in [6.07, 6.45) is 3.44. The minimum atomic E-state index is -3.24. The first kappa shape index (κ1) is 18.3. The molecule has 0 saturated heterocycles. The Balaban J connectivity index is 1.91.